The Morgan fingerprint density at radius 2 is 2.17 bits per heavy atom. The van der Waals surface area contributed by atoms with Gasteiger partial charge in [-0.2, -0.15) is 0 Å². The van der Waals surface area contributed by atoms with Gasteiger partial charge < -0.3 is 5.32 Å². The van der Waals surface area contributed by atoms with Gasteiger partial charge in [-0.3, -0.25) is 4.79 Å². The Balaban J connectivity index is 2.01. The van der Waals surface area contributed by atoms with E-state index in [0.29, 0.717) is 12.1 Å². The van der Waals surface area contributed by atoms with Crippen molar-refractivity contribution in [2.75, 3.05) is 0 Å². The molecule has 0 radical (unpaired) electrons. The first-order valence-electron chi connectivity index (χ1n) is 5.04. The number of nitrogens with one attached hydrogen (secondary N) is 1. The SMILES string of the molecule is O=C(NCc1ccc(Br)s1)c1ccc(F)c(Cl)c1. The molecule has 0 spiro atoms. The highest BCUT2D eigenvalue weighted by molar-refractivity contribution is 9.11. The Kier molecular flexibility index (Phi) is 4.37. The monoisotopic (exact) mass is 347 g/mol. The molecule has 18 heavy (non-hydrogen) atoms. The molecule has 0 bridgehead atoms. The van der Waals surface area contributed by atoms with Crippen molar-refractivity contribution < 1.29 is 9.18 Å². The van der Waals surface area contributed by atoms with E-state index < -0.39 is 5.82 Å². The quantitative estimate of drug-likeness (QED) is 0.883. The lowest BCUT2D eigenvalue weighted by Crippen LogP contribution is -2.22. The molecular formula is C12H8BrClFNOS. The number of hydrogen-bond donors (Lipinski definition) is 1. The lowest BCUT2D eigenvalue weighted by atomic mass is 10.2. The third-order valence-corrected chi connectivity index (χ3v) is 4.15. The molecule has 1 heterocycles. The van der Waals surface area contributed by atoms with E-state index in [1.54, 1.807) is 11.3 Å². The van der Waals surface area contributed by atoms with Gasteiger partial charge in [-0.25, -0.2) is 4.39 Å². The van der Waals surface area contributed by atoms with Crippen LogP contribution in [0.3, 0.4) is 0 Å². The molecule has 0 atom stereocenters. The highest BCUT2D eigenvalue weighted by Crippen LogP contribution is 2.22. The van der Waals surface area contributed by atoms with Crippen molar-refractivity contribution in [3.05, 3.63) is 55.4 Å². The Hall–Kier alpha value is -0.910. The molecule has 94 valence electrons. The molecule has 0 fully saturated rings. The van der Waals surface area contributed by atoms with Gasteiger partial charge in [0.25, 0.3) is 5.91 Å². The molecule has 1 N–H and O–H groups in total. The fraction of sp³-hybridized carbons (Fsp3) is 0.0833. The van der Waals surface area contributed by atoms with Crippen LogP contribution in [0, 0.1) is 5.82 Å². The lowest BCUT2D eigenvalue weighted by molar-refractivity contribution is 0.0951. The van der Waals surface area contributed by atoms with Crippen molar-refractivity contribution in [3.63, 3.8) is 0 Å². The van der Waals surface area contributed by atoms with E-state index in [2.05, 4.69) is 21.2 Å². The van der Waals surface area contributed by atoms with Crippen molar-refractivity contribution in [3.8, 4) is 0 Å². The highest BCUT2D eigenvalue weighted by Gasteiger charge is 2.08. The fourth-order valence-electron chi connectivity index (χ4n) is 1.35. The second-order valence-electron chi connectivity index (χ2n) is 3.52. The second kappa shape index (κ2) is 5.82. The smallest absolute Gasteiger partial charge is 0.251 e. The van der Waals surface area contributed by atoms with Crippen molar-refractivity contribution in [2.24, 2.45) is 0 Å². The van der Waals surface area contributed by atoms with E-state index >= 15 is 0 Å². The molecular weight excluding hydrogens is 341 g/mol. The first-order valence-corrected chi connectivity index (χ1v) is 7.02. The minimum absolute atomic E-state index is 0.0541. The maximum atomic E-state index is 12.9. The van der Waals surface area contributed by atoms with Gasteiger partial charge in [-0.05, 0) is 46.3 Å². The molecule has 0 aliphatic rings. The van der Waals surface area contributed by atoms with Gasteiger partial charge in [0.05, 0.1) is 15.4 Å². The number of benzene rings is 1. The Bertz CT molecular complexity index is 587. The summed E-state index contributed by atoms with van der Waals surface area (Å²) < 4.78 is 14.0. The van der Waals surface area contributed by atoms with Crippen LogP contribution in [0.15, 0.2) is 34.1 Å². The number of hydrogen-bond acceptors (Lipinski definition) is 2. The molecule has 1 amide bonds. The summed E-state index contributed by atoms with van der Waals surface area (Å²) in [4.78, 5) is 12.8. The van der Waals surface area contributed by atoms with Crippen molar-refractivity contribution in [2.45, 2.75) is 6.54 Å². The van der Waals surface area contributed by atoms with E-state index in [4.69, 9.17) is 11.6 Å². The average molecular weight is 349 g/mol. The normalized spacial score (nSPS) is 10.4. The molecule has 2 nitrogen and oxygen atoms in total. The zero-order valence-electron chi connectivity index (χ0n) is 9.04. The average Bonchev–Trinajstić information content (AvgIpc) is 2.75. The van der Waals surface area contributed by atoms with Gasteiger partial charge in [0.1, 0.15) is 5.82 Å². The predicted octanol–water partition coefficient (Wildman–Crippen LogP) is 4.23. The maximum absolute atomic E-state index is 12.9. The second-order valence-corrected chi connectivity index (χ2v) is 6.47. The number of thiophene rings is 1. The highest BCUT2D eigenvalue weighted by atomic mass is 79.9. The molecule has 0 aliphatic heterocycles. The van der Waals surface area contributed by atoms with Crippen LogP contribution in [0.25, 0.3) is 0 Å². The van der Waals surface area contributed by atoms with Crippen LogP contribution in [0.2, 0.25) is 5.02 Å². The van der Waals surface area contributed by atoms with Crippen LogP contribution in [0.4, 0.5) is 4.39 Å². The Morgan fingerprint density at radius 3 is 2.78 bits per heavy atom. The Labute approximate surface area is 121 Å². The van der Waals surface area contributed by atoms with Gasteiger partial charge in [-0.15, -0.1) is 11.3 Å². The van der Waals surface area contributed by atoms with Crippen LogP contribution in [-0.4, -0.2) is 5.91 Å². The predicted molar refractivity (Wildman–Crippen MR) is 74.6 cm³/mol. The van der Waals surface area contributed by atoms with Crippen molar-refractivity contribution in [1.29, 1.82) is 0 Å². The summed E-state index contributed by atoms with van der Waals surface area (Å²) in [5, 5.41) is 2.69. The molecule has 6 heteroatoms. The van der Waals surface area contributed by atoms with Crippen LogP contribution < -0.4 is 5.32 Å². The third kappa shape index (κ3) is 3.31. The van der Waals surface area contributed by atoms with E-state index in [9.17, 15) is 9.18 Å². The van der Waals surface area contributed by atoms with E-state index in [1.165, 1.54) is 18.2 Å². The summed E-state index contributed by atoms with van der Waals surface area (Å²) >= 11 is 10.5. The van der Waals surface area contributed by atoms with Crippen molar-refractivity contribution in [1.82, 2.24) is 5.32 Å². The molecule has 2 rings (SSSR count). The molecule has 2 aromatic rings. The van der Waals surface area contributed by atoms with Crippen molar-refractivity contribution >= 4 is 44.8 Å². The topological polar surface area (TPSA) is 29.1 Å². The summed E-state index contributed by atoms with van der Waals surface area (Å²) in [6.45, 7) is 0.435. The standard InChI is InChI=1S/C12H8BrClFNOS/c13-11-4-2-8(18-11)6-16-12(17)7-1-3-10(15)9(14)5-7/h1-5H,6H2,(H,16,17). The van der Waals surface area contributed by atoms with Crippen LogP contribution >= 0.6 is 38.9 Å². The first-order chi connectivity index (χ1) is 8.56. The van der Waals surface area contributed by atoms with Gasteiger partial charge in [0.15, 0.2) is 0 Å². The molecule has 0 saturated carbocycles. The van der Waals surface area contributed by atoms with E-state index in [-0.39, 0.29) is 10.9 Å². The van der Waals surface area contributed by atoms with Crippen LogP contribution in [-0.2, 0) is 6.54 Å². The van der Waals surface area contributed by atoms with Gasteiger partial charge in [-0.1, -0.05) is 11.6 Å². The summed E-state index contributed by atoms with van der Waals surface area (Å²) in [7, 11) is 0. The van der Waals surface area contributed by atoms with Crippen LogP contribution in [0.1, 0.15) is 15.2 Å². The lowest BCUT2D eigenvalue weighted by Gasteiger charge is -2.04. The molecule has 0 aliphatic carbocycles. The number of carbonyl (C=O) groups excluding carboxylic acids is 1. The largest absolute Gasteiger partial charge is 0.347 e. The summed E-state index contributed by atoms with van der Waals surface area (Å²) in [6.07, 6.45) is 0. The number of rotatable bonds is 3. The zero-order valence-corrected chi connectivity index (χ0v) is 12.2. The maximum Gasteiger partial charge on any atom is 0.251 e. The molecule has 1 aromatic heterocycles. The number of carbonyl (C=O) groups is 1. The van der Waals surface area contributed by atoms with Crippen LogP contribution in [0.5, 0.6) is 0 Å². The summed E-state index contributed by atoms with van der Waals surface area (Å²) in [5.41, 5.74) is 0.344. The van der Waals surface area contributed by atoms with Gasteiger partial charge in [0.2, 0.25) is 0 Å². The molecule has 0 saturated heterocycles. The minimum atomic E-state index is -0.532. The zero-order chi connectivity index (χ0) is 13.1. The third-order valence-electron chi connectivity index (χ3n) is 2.23. The van der Waals surface area contributed by atoms with E-state index in [0.717, 1.165) is 8.66 Å². The number of amides is 1. The van der Waals surface area contributed by atoms with Gasteiger partial charge in [0, 0.05) is 10.4 Å². The molecule has 0 unspecified atom stereocenters. The Morgan fingerprint density at radius 1 is 1.39 bits per heavy atom. The first kappa shape index (κ1) is 13.5. The summed E-state index contributed by atoms with van der Waals surface area (Å²) in [6, 6.07) is 7.74. The fourth-order valence-corrected chi connectivity index (χ4v) is 2.96. The minimum Gasteiger partial charge on any atom is -0.347 e. The van der Waals surface area contributed by atoms with Gasteiger partial charge >= 0.3 is 0 Å². The van der Waals surface area contributed by atoms with E-state index in [1.807, 2.05) is 12.1 Å². The molecule has 1 aromatic carbocycles. The number of halogens is 3. The summed E-state index contributed by atoms with van der Waals surface area (Å²) in [5.74, 6) is -0.808.